The van der Waals surface area contributed by atoms with Crippen LogP contribution in [0, 0.1) is 0 Å². The predicted octanol–water partition coefficient (Wildman–Crippen LogP) is 0.318. The molecule has 1 saturated carbocycles. The third kappa shape index (κ3) is 2.04. The second-order valence-corrected chi connectivity index (χ2v) is 4.39. The molecule has 84 valence electrons. The first-order valence-electron chi connectivity index (χ1n) is 5.77. The molecular formula is C11H18N2O2. The van der Waals surface area contributed by atoms with Gasteiger partial charge < -0.3 is 5.32 Å². The number of rotatable bonds is 2. The molecule has 4 nitrogen and oxygen atoms in total. The van der Waals surface area contributed by atoms with E-state index in [1.54, 1.807) is 0 Å². The van der Waals surface area contributed by atoms with Crippen molar-refractivity contribution in [1.82, 2.24) is 10.2 Å². The number of hydrogen-bond donors (Lipinski definition) is 1. The van der Waals surface area contributed by atoms with Crippen LogP contribution in [0.2, 0.25) is 0 Å². The van der Waals surface area contributed by atoms with Crippen LogP contribution in [0.1, 0.15) is 32.6 Å². The van der Waals surface area contributed by atoms with E-state index in [0.29, 0.717) is 24.7 Å². The highest BCUT2D eigenvalue weighted by Gasteiger charge is 2.36. The highest BCUT2D eigenvalue weighted by molar-refractivity contribution is 5.83. The van der Waals surface area contributed by atoms with Crippen LogP contribution < -0.4 is 5.32 Å². The van der Waals surface area contributed by atoms with E-state index in [4.69, 9.17) is 0 Å². The van der Waals surface area contributed by atoms with Crippen molar-refractivity contribution < 1.29 is 9.59 Å². The van der Waals surface area contributed by atoms with Gasteiger partial charge in [0.1, 0.15) is 5.78 Å². The average molecular weight is 210 g/mol. The van der Waals surface area contributed by atoms with Crippen molar-refractivity contribution in [2.75, 3.05) is 13.1 Å². The number of amides is 1. The fraction of sp³-hybridized carbons (Fsp3) is 0.818. The largest absolute Gasteiger partial charge is 0.353 e. The number of Topliss-reactive ketones (excluding diaryl/α,β-unsaturated/α-hetero) is 1. The molecule has 1 N–H and O–H groups in total. The van der Waals surface area contributed by atoms with E-state index in [2.05, 4.69) is 10.2 Å². The number of nitrogens with zero attached hydrogens (tertiary/aromatic N) is 1. The molecule has 1 aliphatic heterocycles. The van der Waals surface area contributed by atoms with Gasteiger partial charge in [-0.15, -0.1) is 0 Å². The highest BCUT2D eigenvalue weighted by Crippen LogP contribution is 2.24. The van der Waals surface area contributed by atoms with E-state index in [1.165, 1.54) is 0 Å². The van der Waals surface area contributed by atoms with Gasteiger partial charge in [0.25, 0.3) is 0 Å². The molecule has 0 aromatic carbocycles. The van der Waals surface area contributed by atoms with Crippen molar-refractivity contribution in [2.45, 2.75) is 44.7 Å². The van der Waals surface area contributed by atoms with Crippen molar-refractivity contribution >= 4 is 11.7 Å². The quantitative estimate of drug-likeness (QED) is 0.714. The summed E-state index contributed by atoms with van der Waals surface area (Å²) in [5.41, 5.74) is 0. The van der Waals surface area contributed by atoms with Gasteiger partial charge in [0.05, 0.1) is 6.04 Å². The minimum absolute atomic E-state index is 0.0188. The Morgan fingerprint density at radius 2 is 2.27 bits per heavy atom. The highest BCUT2D eigenvalue weighted by atomic mass is 16.2. The first-order chi connectivity index (χ1) is 7.22. The number of carbonyl (C=O) groups excluding carboxylic acids is 2. The van der Waals surface area contributed by atoms with Crippen molar-refractivity contribution in [2.24, 2.45) is 0 Å². The Kier molecular flexibility index (Phi) is 3.05. The van der Waals surface area contributed by atoms with Crippen LogP contribution in [-0.4, -0.2) is 41.8 Å². The molecule has 1 heterocycles. The number of carbonyl (C=O) groups is 2. The van der Waals surface area contributed by atoms with Gasteiger partial charge >= 0.3 is 0 Å². The maximum atomic E-state index is 11.6. The van der Waals surface area contributed by atoms with Gasteiger partial charge in [-0.3, -0.25) is 14.5 Å². The molecule has 1 amide bonds. The zero-order valence-electron chi connectivity index (χ0n) is 9.16. The summed E-state index contributed by atoms with van der Waals surface area (Å²) >= 11 is 0. The van der Waals surface area contributed by atoms with E-state index in [-0.39, 0.29) is 11.9 Å². The molecular weight excluding hydrogens is 192 g/mol. The fourth-order valence-electron chi connectivity index (χ4n) is 2.67. The van der Waals surface area contributed by atoms with Crippen molar-refractivity contribution in [3.8, 4) is 0 Å². The van der Waals surface area contributed by atoms with E-state index < -0.39 is 0 Å². The second kappa shape index (κ2) is 4.31. The molecule has 0 spiro atoms. The Morgan fingerprint density at radius 1 is 1.47 bits per heavy atom. The molecule has 0 aromatic heterocycles. The second-order valence-electron chi connectivity index (χ2n) is 4.39. The van der Waals surface area contributed by atoms with Gasteiger partial charge in [0.15, 0.2) is 0 Å². The van der Waals surface area contributed by atoms with Crippen molar-refractivity contribution in [3.63, 3.8) is 0 Å². The number of piperazine rings is 1. The van der Waals surface area contributed by atoms with Gasteiger partial charge in [-0.25, -0.2) is 0 Å². The summed E-state index contributed by atoms with van der Waals surface area (Å²) in [5.74, 6) is 0.476. The zero-order chi connectivity index (χ0) is 10.8. The minimum Gasteiger partial charge on any atom is -0.353 e. The molecule has 0 bridgehead atoms. The van der Waals surface area contributed by atoms with Crippen LogP contribution in [0.25, 0.3) is 0 Å². The molecule has 4 heteroatoms. The summed E-state index contributed by atoms with van der Waals surface area (Å²) in [6, 6.07) is 0.295. The van der Waals surface area contributed by atoms with Crippen LogP contribution in [0.5, 0.6) is 0 Å². The molecule has 1 saturated heterocycles. The summed E-state index contributed by atoms with van der Waals surface area (Å²) in [6.45, 7) is 3.64. The van der Waals surface area contributed by atoms with Gasteiger partial charge in [-0.1, -0.05) is 6.92 Å². The molecule has 2 rings (SSSR count). The number of hydrogen-bond acceptors (Lipinski definition) is 3. The van der Waals surface area contributed by atoms with E-state index in [9.17, 15) is 9.59 Å². The molecule has 0 radical (unpaired) electrons. The summed E-state index contributed by atoms with van der Waals surface area (Å²) in [6.07, 6.45) is 3.10. The molecule has 2 unspecified atom stereocenters. The fourth-order valence-corrected chi connectivity index (χ4v) is 2.67. The summed E-state index contributed by atoms with van der Waals surface area (Å²) in [4.78, 5) is 25.1. The van der Waals surface area contributed by atoms with E-state index in [1.807, 2.05) is 6.92 Å². The van der Waals surface area contributed by atoms with Gasteiger partial charge in [0, 0.05) is 32.0 Å². The maximum Gasteiger partial charge on any atom is 0.237 e. The lowest BCUT2D eigenvalue weighted by Gasteiger charge is -2.38. The van der Waals surface area contributed by atoms with Gasteiger partial charge in [0.2, 0.25) is 5.91 Å². The molecule has 2 aliphatic rings. The first-order valence-corrected chi connectivity index (χ1v) is 5.77. The van der Waals surface area contributed by atoms with Gasteiger partial charge in [-0.05, 0) is 12.8 Å². The van der Waals surface area contributed by atoms with E-state index in [0.717, 1.165) is 25.9 Å². The molecule has 15 heavy (non-hydrogen) atoms. The molecule has 2 atom stereocenters. The smallest absolute Gasteiger partial charge is 0.237 e. The molecule has 1 aliphatic carbocycles. The predicted molar refractivity (Wildman–Crippen MR) is 56.4 cm³/mol. The average Bonchev–Trinajstić information content (AvgIpc) is 2.64. The van der Waals surface area contributed by atoms with Crippen molar-refractivity contribution in [3.05, 3.63) is 0 Å². The number of nitrogens with one attached hydrogen (secondary N) is 1. The monoisotopic (exact) mass is 210 g/mol. The van der Waals surface area contributed by atoms with Gasteiger partial charge in [-0.2, -0.15) is 0 Å². The standard InChI is InChI=1S/C11H18N2O2/c1-2-10-11(15)12-5-6-13(10)8-3-4-9(14)7-8/h8,10H,2-7H2,1H3,(H,12,15). The SMILES string of the molecule is CCC1C(=O)NCCN1C1CCC(=O)C1. The Morgan fingerprint density at radius 3 is 2.87 bits per heavy atom. The lowest BCUT2D eigenvalue weighted by molar-refractivity contribution is -0.131. The van der Waals surface area contributed by atoms with Crippen molar-refractivity contribution in [1.29, 1.82) is 0 Å². The Bertz CT molecular complexity index is 278. The lowest BCUT2D eigenvalue weighted by Crippen LogP contribution is -2.57. The van der Waals surface area contributed by atoms with Crippen LogP contribution in [0.4, 0.5) is 0 Å². The Balaban J connectivity index is 2.05. The summed E-state index contributed by atoms with van der Waals surface area (Å²) in [7, 11) is 0. The topological polar surface area (TPSA) is 49.4 Å². The minimum atomic E-state index is -0.0188. The van der Waals surface area contributed by atoms with Crippen LogP contribution in [-0.2, 0) is 9.59 Å². The van der Waals surface area contributed by atoms with E-state index >= 15 is 0 Å². The van der Waals surface area contributed by atoms with Crippen LogP contribution >= 0.6 is 0 Å². The third-order valence-electron chi connectivity index (χ3n) is 3.45. The lowest BCUT2D eigenvalue weighted by atomic mass is 10.1. The normalized spacial score (nSPS) is 33.1. The first kappa shape index (κ1) is 10.6. The third-order valence-corrected chi connectivity index (χ3v) is 3.45. The van der Waals surface area contributed by atoms with Crippen LogP contribution in [0.15, 0.2) is 0 Å². The molecule has 0 aromatic rings. The number of ketones is 1. The molecule has 2 fully saturated rings. The summed E-state index contributed by atoms with van der Waals surface area (Å²) in [5, 5.41) is 2.88. The Hall–Kier alpha value is -0.900. The Labute approximate surface area is 90.0 Å². The zero-order valence-corrected chi connectivity index (χ0v) is 9.16. The van der Waals surface area contributed by atoms with Crippen LogP contribution in [0.3, 0.4) is 0 Å². The maximum absolute atomic E-state index is 11.6. The summed E-state index contributed by atoms with van der Waals surface area (Å²) < 4.78 is 0.